The minimum Gasteiger partial charge on any atom is -0.383 e. The summed E-state index contributed by atoms with van der Waals surface area (Å²) in [5.74, 6) is -0.0295. The monoisotopic (exact) mass is 439 g/mol. The molecular formula is C12H11BrClN3O2S3. The third kappa shape index (κ3) is 3.83. The van der Waals surface area contributed by atoms with E-state index in [2.05, 4.69) is 20.9 Å². The molecule has 1 unspecified atom stereocenters. The average Bonchev–Trinajstić information content (AvgIpc) is 2.90. The quantitative estimate of drug-likeness (QED) is 0.319. The predicted molar refractivity (Wildman–Crippen MR) is 94.8 cm³/mol. The Hall–Kier alpha value is -0.610. The van der Waals surface area contributed by atoms with E-state index in [-0.39, 0.29) is 15.9 Å². The summed E-state index contributed by atoms with van der Waals surface area (Å²) in [4.78, 5) is 5.32. The van der Waals surface area contributed by atoms with Crippen LogP contribution >= 0.6 is 50.6 Å². The molecule has 10 heteroatoms. The molecule has 2 aromatic heterocycles. The molecule has 0 bridgehead atoms. The molecule has 0 aliphatic heterocycles. The third-order valence-corrected chi connectivity index (χ3v) is 8.57. The van der Waals surface area contributed by atoms with Gasteiger partial charge in [-0.15, -0.1) is 23.1 Å². The van der Waals surface area contributed by atoms with Crippen LogP contribution in [0.1, 0.15) is 11.8 Å². The number of sulfone groups is 1. The van der Waals surface area contributed by atoms with Crippen LogP contribution < -0.4 is 5.73 Å². The van der Waals surface area contributed by atoms with E-state index >= 15 is 0 Å². The normalized spacial score (nSPS) is 13.0. The Morgan fingerprint density at radius 1 is 1.55 bits per heavy atom. The first kappa shape index (κ1) is 17.7. The first-order chi connectivity index (χ1) is 10.2. The molecule has 0 spiro atoms. The van der Waals surface area contributed by atoms with Gasteiger partial charge in [-0.05, 0) is 35.0 Å². The molecule has 3 N–H and O–H groups in total. The lowest BCUT2D eigenvalue weighted by Crippen LogP contribution is -2.14. The van der Waals surface area contributed by atoms with Gasteiger partial charge < -0.3 is 5.73 Å². The molecule has 0 radical (unpaired) electrons. The Bertz CT molecular complexity index is 823. The van der Waals surface area contributed by atoms with Crippen molar-refractivity contribution in [1.82, 2.24) is 4.98 Å². The maximum Gasteiger partial charge on any atom is 0.192 e. The van der Waals surface area contributed by atoms with E-state index in [9.17, 15) is 8.42 Å². The summed E-state index contributed by atoms with van der Waals surface area (Å²) < 4.78 is 24.8. The summed E-state index contributed by atoms with van der Waals surface area (Å²) in [7, 11) is -3.56. The molecule has 2 rings (SSSR count). The van der Waals surface area contributed by atoms with Crippen molar-refractivity contribution < 1.29 is 8.42 Å². The SMILES string of the molecule is CC(Sc1csc(C(=N)N)c1)S(=O)(=O)c1cnc(Cl)c(Br)c1. The lowest BCUT2D eigenvalue weighted by atomic mass is 10.4. The number of aromatic nitrogens is 1. The number of nitrogens with zero attached hydrogens (tertiary/aromatic N) is 1. The topological polar surface area (TPSA) is 96.9 Å². The van der Waals surface area contributed by atoms with Crippen LogP contribution in [0.15, 0.2) is 38.0 Å². The smallest absolute Gasteiger partial charge is 0.192 e. The van der Waals surface area contributed by atoms with Crippen molar-refractivity contribution >= 4 is 66.3 Å². The van der Waals surface area contributed by atoms with Gasteiger partial charge in [-0.25, -0.2) is 13.4 Å². The van der Waals surface area contributed by atoms with Gasteiger partial charge in [0.15, 0.2) is 9.84 Å². The average molecular weight is 441 g/mol. The summed E-state index contributed by atoms with van der Waals surface area (Å²) in [6.45, 7) is 1.60. The zero-order valence-electron chi connectivity index (χ0n) is 11.2. The van der Waals surface area contributed by atoms with Crippen molar-refractivity contribution in [1.29, 1.82) is 5.41 Å². The zero-order chi connectivity index (χ0) is 16.5. The van der Waals surface area contributed by atoms with Gasteiger partial charge >= 0.3 is 0 Å². The summed E-state index contributed by atoms with van der Waals surface area (Å²) >= 11 is 11.5. The minimum absolute atomic E-state index is 0.0295. The Morgan fingerprint density at radius 3 is 2.77 bits per heavy atom. The number of thiophene rings is 1. The van der Waals surface area contributed by atoms with E-state index in [0.717, 1.165) is 4.90 Å². The van der Waals surface area contributed by atoms with Gasteiger partial charge in [0.25, 0.3) is 0 Å². The lowest BCUT2D eigenvalue weighted by molar-refractivity contribution is 0.594. The Labute approximate surface area is 149 Å². The van der Waals surface area contributed by atoms with Crippen LogP contribution in [0.2, 0.25) is 5.15 Å². The van der Waals surface area contributed by atoms with Crippen molar-refractivity contribution in [3.8, 4) is 0 Å². The van der Waals surface area contributed by atoms with Gasteiger partial charge in [-0.1, -0.05) is 11.6 Å². The summed E-state index contributed by atoms with van der Waals surface area (Å²) in [6.07, 6.45) is 1.24. The van der Waals surface area contributed by atoms with E-state index in [1.807, 2.05) is 0 Å². The molecule has 5 nitrogen and oxygen atoms in total. The number of nitrogens with two attached hydrogens (primary N) is 1. The number of thioether (sulfide) groups is 1. The number of nitrogen functional groups attached to an aromatic ring is 1. The number of nitrogens with one attached hydrogen (secondary N) is 1. The molecule has 2 aromatic rings. The standard InChI is InChI=1S/C12H11BrClN3O2S3/c1-6(21-7-2-10(12(15)16)20-5-7)22(18,19)8-3-9(13)11(14)17-4-8/h2-6H,1H3,(H3,15,16). The molecule has 2 heterocycles. The maximum atomic E-state index is 12.6. The number of pyridine rings is 1. The third-order valence-electron chi connectivity index (χ3n) is 2.68. The predicted octanol–water partition coefficient (Wildman–Crippen LogP) is 3.76. The van der Waals surface area contributed by atoms with Crippen molar-refractivity contribution in [3.05, 3.63) is 38.2 Å². The van der Waals surface area contributed by atoms with Crippen LogP contribution in [0.4, 0.5) is 0 Å². The highest BCUT2D eigenvalue weighted by Gasteiger charge is 2.26. The fraction of sp³-hybridized carbons (Fsp3) is 0.167. The molecule has 0 aliphatic rings. The molecule has 0 aromatic carbocycles. The maximum absolute atomic E-state index is 12.6. The van der Waals surface area contributed by atoms with Gasteiger partial charge in [0.2, 0.25) is 0 Å². The Morgan fingerprint density at radius 2 is 2.23 bits per heavy atom. The number of hydrogen-bond acceptors (Lipinski definition) is 6. The van der Waals surface area contributed by atoms with Gasteiger partial charge in [-0.3, -0.25) is 5.41 Å². The molecule has 0 aliphatic carbocycles. The fourth-order valence-corrected chi connectivity index (χ4v) is 5.81. The van der Waals surface area contributed by atoms with Crippen molar-refractivity contribution in [3.63, 3.8) is 0 Å². The second kappa shape index (κ2) is 6.88. The van der Waals surface area contributed by atoms with Crippen LogP contribution in [-0.2, 0) is 9.84 Å². The summed E-state index contributed by atoms with van der Waals surface area (Å²) in [6, 6.07) is 3.15. The van der Waals surface area contributed by atoms with E-state index in [1.165, 1.54) is 35.4 Å². The molecule has 118 valence electrons. The summed E-state index contributed by atoms with van der Waals surface area (Å²) in [5.41, 5.74) is 5.41. The van der Waals surface area contributed by atoms with Crippen molar-refractivity contribution in [2.45, 2.75) is 21.3 Å². The van der Waals surface area contributed by atoms with Crippen LogP contribution in [0, 0.1) is 5.41 Å². The highest BCUT2D eigenvalue weighted by Crippen LogP contribution is 2.34. The van der Waals surface area contributed by atoms with Gasteiger partial charge in [0.1, 0.15) is 15.6 Å². The summed E-state index contributed by atoms with van der Waals surface area (Å²) in [5, 5.41) is 9.36. The fourth-order valence-electron chi connectivity index (χ4n) is 1.53. The number of rotatable bonds is 5. The van der Waals surface area contributed by atoms with Crippen molar-refractivity contribution in [2.24, 2.45) is 5.73 Å². The van der Waals surface area contributed by atoms with E-state index in [4.69, 9.17) is 22.7 Å². The number of hydrogen-bond donors (Lipinski definition) is 2. The molecule has 0 amide bonds. The number of amidine groups is 1. The largest absolute Gasteiger partial charge is 0.383 e. The lowest BCUT2D eigenvalue weighted by Gasteiger charge is -2.12. The Balaban J connectivity index is 2.24. The molecule has 0 fully saturated rings. The highest BCUT2D eigenvalue weighted by molar-refractivity contribution is 9.10. The van der Waals surface area contributed by atoms with Gasteiger partial charge in [0, 0.05) is 16.5 Å². The highest BCUT2D eigenvalue weighted by atomic mass is 79.9. The van der Waals surface area contributed by atoms with Crippen LogP contribution in [-0.4, -0.2) is 23.8 Å². The second-order valence-corrected chi connectivity index (χ2v) is 10.3. The van der Waals surface area contributed by atoms with Crippen LogP contribution in [0.3, 0.4) is 0 Å². The van der Waals surface area contributed by atoms with Gasteiger partial charge in [0.05, 0.1) is 14.2 Å². The first-order valence-electron chi connectivity index (χ1n) is 5.86. The first-order valence-corrected chi connectivity index (χ1v) is 10.3. The molecular weight excluding hydrogens is 430 g/mol. The second-order valence-electron chi connectivity index (χ2n) is 4.23. The molecule has 0 saturated carbocycles. The zero-order valence-corrected chi connectivity index (χ0v) is 16.0. The van der Waals surface area contributed by atoms with Crippen LogP contribution in [0.5, 0.6) is 0 Å². The Kier molecular flexibility index (Phi) is 5.54. The minimum atomic E-state index is -3.56. The van der Waals surface area contributed by atoms with Crippen LogP contribution in [0.25, 0.3) is 0 Å². The van der Waals surface area contributed by atoms with E-state index in [1.54, 1.807) is 18.4 Å². The molecule has 0 saturated heterocycles. The van der Waals surface area contributed by atoms with Crippen molar-refractivity contribution in [2.75, 3.05) is 0 Å². The number of halogens is 2. The van der Waals surface area contributed by atoms with E-state index in [0.29, 0.717) is 9.35 Å². The molecule has 22 heavy (non-hydrogen) atoms. The van der Waals surface area contributed by atoms with E-state index < -0.39 is 14.4 Å². The van der Waals surface area contributed by atoms with Gasteiger partial charge in [-0.2, -0.15) is 0 Å². The molecule has 1 atom stereocenters.